The normalized spacial score (nSPS) is 11.9. The predicted molar refractivity (Wildman–Crippen MR) is 102 cm³/mol. The third-order valence-electron chi connectivity index (χ3n) is 4.38. The Morgan fingerprint density at radius 1 is 0.846 bits per heavy atom. The lowest BCUT2D eigenvalue weighted by atomic mass is 9.98. The molecule has 0 heterocycles. The molecule has 136 valence electrons. The lowest BCUT2D eigenvalue weighted by molar-refractivity contribution is -0.121. The summed E-state index contributed by atoms with van der Waals surface area (Å²) in [6.45, 7) is 5.56. The van der Waals surface area contributed by atoms with E-state index in [2.05, 4.69) is 0 Å². The number of nitrogens with zero attached hydrogens (tertiary/aromatic N) is 1. The second-order valence-electron chi connectivity index (χ2n) is 6.94. The fourth-order valence-electron chi connectivity index (χ4n) is 2.91. The molecule has 0 spiro atoms. The van der Waals surface area contributed by atoms with Gasteiger partial charge in [0.15, 0.2) is 11.6 Å². The zero-order valence-corrected chi connectivity index (χ0v) is 15.7. The summed E-state index contributed by atoms with van der Waals surface area (Å²) in [4.78, 5) is 38.6. The molecule has 4 heteroatoms. The third-order valence-corrected chi connectivity index (χ3v) is 4.38. The Morgan fingerprint density at radius 3 is 1.85 bits per heavy atom. The number of rotatable bonds is 7. The Balaban J connectivity index is 2.17. The van der Waals surface area contributed by atoms with Crippen molar-refractivity contribution in [2.75, 3.05) is 7.05 Å². The monoisotopic (exact) mass is 351 g/mol. The van der Waals surface area contributed by atoms with E-state index in [-0.39, 0.29) is 17.5 Å². The number of ketones is 2. The van der Waals surface area contributed by atoms with E-state index in [4.69, 9.17) is 0 Å². The molecule has 0 aromatic heterocycles. The van der Waals surface area contributed by atoms with Crippen molar-refractivity contribution in [1.82, 2.24) is 4.90 Å². The van der Waals surface area contributed by atoms with E-state index in [9.17, 15) is 14.4 Å². The van der Waals surface area contributed by atoms with Crippen LogP contribution < -0.4 is 0 Å². The highest BCUT2D eigenvalue weighted by Crippen LogP contribution is 2.16. The van der Waals surface area contributed by atoms with Crippen molar-refractivity contribution in [2.45, 2.75) is 33.2 Å². The number of carbonyl (C=O) groups excluding carboxylic acids is 3. The molecule has 1 atom stereocenters. The van der Waals surface area contributed by atoms with Gasteiger partial charge in [-0.15, -0.1) is 0 Å². The number of carbonyl (C=O) groups is 3. The lowest BCUT2D eigenvalue weighted by Gasteiger charge is -2.27. The van der Waals surface area contributed by atoms with Gasteiger partial charge < -0.3 is 4.90 Å². The number of benzene rings is 2. The summed E-state index contributed by atoms with van der Waals surface area (Å²) in [6, 6.07) is 15.2. The van der Waals surface area contributed by atoms with Gasteiger partial charge in [0, 0.05) is 23.7 Å². The highest BCUT2D eigenvalue weighted by Gasteiger charge is 2.25. The number of Topliss-reactive ketones (excluding diaryl/α,β-unsaturated/α-hetero) is 1. The Bertz CT molecular complexity index is 779. The van der Waals surface area contributed by atoms with E-state index >= 15 is 0 Å². The van der Waals surface area contributed by atoms with Crippen molar-refractivity contribution in [3.63, 3.8) is 0 Å². The summed E-state index contributed by atoms with van der Waals surface area (Å²) < 4.78 is 0. The molecule has 2 aromatic rings. The highest BCUT2D eigenvalue weighted by molar-refractivity contribution is 6.09. The third kappa shape index (κ3) is 4.66. The highest BCUT2D eigenvalue weighted by atomic mass is 16.2. The molecule has 0 N–H and O–H groups in total. The molecule has 0 saturated heterocycles. The molecule has 0 bridgehead atoms. The van der Waals surface area contributed by atoms with Crippen LogP contribution in [-0.4, -0.2) is 35.5 Å². The minimum absolute atomic E-state index is 0.0228. The molecule has 0 saturated carbocycles. The number of amides is 1. The van der Waals surface area contributed by atoms with E-state index in [0.29, 0.717) is 29.0 Å². The van der Waals surface area contributed by atoms with Gasteiger partial charge in [0.1, 0.15) is 0 Å². The van der Waals surface area contributed by atoms with Gasteiger partial charge in [-0.25, -0.2) is 0 Å². The Kier molecular flexibility index (Phi) is 6.45. The van der Waals surface area contributed by atoms with E-state index in [0.717, 1.165) is 0 Å². The Labute approximate surface area is 154 Å². The first-order chi connectivity index (χ1) is 12.3. The van der Waals surface area contributed by atoms with Crippen LogP contribution in [0.5, 0.6) is 0 Å². The summed E-state index contributed by atoms with van der Waals surface area (Å²) in [7, 11) is 1.65. The largest absolute Gasteiger partial charge is 0.332 e. The molecule has 1 unspecified atom stereocenters. The van der Waals surface area contributed by atoms with Crippen LogP contribution in [0.4, 0.5) is 0 Å². The van der Waals surface area contributed by atoms with Gasteiger partial charge in [0.2, 0.25) is 0 Å². The van der Waals surface area contributed by atoms with Gasteiger partial charge in [0.05, 0.1) is 6.04 Å². The molecule has 26 heavy (non-hydrogen) atoms. The second-order valence-corrected chi connectivity index (χ2v) is 6.94. The molecular formula is C22H25NO3. The van der Waals surface area contributed by atoms with Crippen LogP contribution in [0.25, 0.3) is 0 Å². The van der Waals surface area contributed by atoms with Crippen molar-refractivity contribution >= 4 is 17.5 Å². The number of hydrogen-bond acceptors (Lipinski definition) is 3. The standard InChI is InChI=1S/C22H25NO3/c1-15(2)14-20(16(3)24)23(4)22(26)19-12-10-18(11-13-19)21(25)17-8-6-5-7-9-17/h5-13,15,20H,14H2,1-4H3. The van der Waals surface area contributed by atoms with Gasteiger partial charge >= 0.3 is 0 Å². The first kappa shape index (κ1) is 19.6. The summed E-state index contributed by atoms with van der Waals surface area (Å²) in [5, 5.41) is 0. The van der Waals surface area contributed by atoms with Crippen molar-refractivity contribution in [1.29, 1.82) is 0 Å². The maximum Gasteiger partial charge on any atom is 0.254 e. The lowest BCUT2D eigenvalue weighted by Crippen LogP contribution is -2.42. The SMILES string of the molecule is CC(=O)C(CC(C)C)N(C)C(=O)c1ccc(C(=O)c2ccccc2)cc1. The smallest absolute Gasteiger partial charge is 0.254 e. The van der Waals surface area contributed by atoms with Gasteiger partial charge in [-0.1, -0.05) is 56.3 Å². The molecule has 2 aromatic carbocycles. The van der Waals surface area contributed by atoms with Gasteiger partial charge in [-0.05, 0) is 31.4 Å². The minimum atomic E-state index is -0.437. The maximum absolute atomic E-state index is 12.7. The molecule has 0 fully saturated rings. The molecule has 1 amide bonds. The number of hydrogen-bond donors (Lipinski definition) is 0. The van der Waals surface area contributed by atoms with Crippen molar-refractivity contribution in [3.8, 4) is 0 Å². The summed E-state index contributed by atoms with van der Waals surface area (Å²) >= 11 is 0. The van der Waals surface area contributed by atoms with E-state index in [1.54, 1.807) is 43.4 Å². The quantitative estimate of drug-likeness (QED) is 0.709. The zero-order chi connectivity index (χ0) is 19.3. The Hall–Kier alpha value is -2.75. The maximum atomic E-state index is 12.7. The minimum Gasteiger partial charge on any atom is -0.332 e. The molecular weight excluding hydrogens is 326 g/mol. The van der Waals surface area contributed by atoms with Gasteiger partial charge in [0.25, 0.3) is 5.91 Å². The van der Waals surface area contributed by atoms with Crippen LogP contribution in [0.1, 0.15) is 53.5 Å². The van der Waals surface area contributed by atoms with Crippen molar-refractivity contribution in [3.05, 3.63) is 71.3 Å². The van der Waals surface area contributed by atoms with Gasteiger partial charge in [-0.3, -0.25) is 14.4 Å². The van der Waals surface area contributed by atoms with Crippen LogP contribution in [0, 0.1) is 5.92 Å². The fourth-order valence-corrected chi connectivity index (χ4v) is 2.91. The topological polar surface area (TPSA) is 54.5 Å². The van der Waals surface area contributed by atoms with E-state index in [1.165, 1.54) is 11.8 Å². The summed E-state index contributed by atoms with van der Waals surface area (Å²) in [6.07, 6.45) is 0.627. The molecule has 0 aliphatic carbocycles. The average Bonchev–Trinajstić information content (AvgIpc) is 2.65. The van der Waals surface area contributed by atoms with E-state index < -0.39 is 6.04 Å². The average molecular weight is 351 g/mol. The molecule has 4 nitrogen and oxygen atoms in total. The number of likely N-dealkylation sites (N-methyl/N-ethyl adjacent to an activating group) is 1. The molecule has 0 aliphatic rings. The molecule has 2 rings (SSSR count). The van der Waals surface area contributed by atoms with Gasteiger partial charge in [-0.2, -0.15) is 0 Å². The zero-order valence-electron chi connectivity index (χ0n) is 15.7. The van der Waals surface area contributed by atoms with Crippen LogP contribution >= 0.6 is 0 Å². The first-order valence-electron chi connectivity index (χ1n) is 8.78. The van der Waals surface area contributed by atoms with E-state index in [1.807, 2.05) is 32.0 Å². The van der Waals surface area contributed by atoms with Crippen LogP contribution in [0.2, 0.25) is 0 Å². The fraction of sp³-hybridized carbons (Fsp3) is 0.318. The molecule has 0 aliphatic heterocycles. The predicted octanol–water partition coefficient (Wildman–Crippen LogP) is 3.99. The summed E-state index contributed by atoms with van der Waals surface area (Å²) in [5.74, 6) is -0.0145. The second kappa shape index (κ2) is 8.56. The summed E-state index contributed by atoms with van der Waals surface area (Å²) in [5.41, 5.74) is 1.60. The molecule has 0 radical (unpaired) electrons. The van der Waals surface area contributed by atoms with Crippen molar-refractivity contribution in [2.24, 2.45) is 5.92 Å². The van der Waals surface area contributed by atoms with Crippen molar-refractivity contribution < 1.29 is 14.4 Å². The first-order valence-corrected chi connectivity index (χ1v) is 8.78. The van der Waals surface area contributed by atoms with Crippen LogP contribution in [0.15, 0.2) is 54.6 Å². The van der Waals surface area contributed by atoms with Crippen LogP contribution in [0.3, 0.4) is 0 Å². The van der Waals surface area contributed by atoms with Crippen LogP contribution in [-0.2, 0) is 4.79 Å². The Morgan fingerprint density at radius 2 is 1.35 bits per heavy atom.